The summed E-state index contributed by atoms with van der Waals surface area (Å²) in [7, 11) is 0. The number of ether oxygens (including phenoxy) is 1. The lowest BCUT2D eigenvalue weighted by Gasteiger charge is -2.29. The molecule has 2 aliphatic heterocycles. The Morgan fingerprint density at radius 1 is 1.07 bits per heavy atom. The summed E-state index contributed by atoms with van der Waals surface area (Å²) in [6.45, 7) is 5.22. The second-order valence-corrected chi connectivity index (χ2v) is 6.91. The van der Waals surface area contributed by atoms with E-state index >= 15 is 0 Å². The van der Waals surface area contributed by atoms with Crippen molar-refractivity contribution >= 4 is 17.5 Å². The number of hydrogen-bond acceptors (Lipinski definition) is 7. The second-order valence-electron chi connectivity index (χ2n) is 6.91. The van der Waals surface area contributed by atoms with Crippen molar-refractivity contribution in [3.05, 3.63) is 48.7 Å². The van der Waals surface area contributed by atoms with E-state index in [2.05, 4.69) is 21.7 Å². The van der Waals surface area contributed by atoms with E-state index in [-0.39, 0.29) is 0 Å². The van der Waals surface area contributed by atoms with E-state index in [9.17, 15) is 0 Å². The summed E-state index contributed by atoms with van der Waals surface area (Å²) in [4.78, 5) is 18.6. The first-order valence-corrected chi connectivity index (χ1v) is 9.26. The maximum absolute atomic E-state index is 5.49. The molecule has 1 atom stereocenters. The Bertz CT molecular complexity index is 923. The Hall–Kier alpha value is -2.93. The van der Waals surface area contributed by atoms with Gasteiger partial charge in [0.15, 0.2) is 0 Å². The van der Waals surface area contributed by atoms with Crippen LogP contribution in [0.2, 0.25) is 0 Å². The Morgan fingerprint density at radius 2 is 1.89 bits per heavy atom. The Balaban J connectivity index is 1.67. The quantitative estimate of drug-likeness (QED) is 0.708. The van der Waals surface area contributed by atoms with Crippen LogP contribution in [0.25, 0.3) is 11.3 Å². The van der Waals surface area contributed by atoms with Crippen molar-refractivity contribution in [2.24, 2.45) is 0 Å². The van der Waals surface area contributed by atoms with Crippen molar-refractivity contribution in [2.75, 3.05) is 36.1 Å². The molecule has 3 aromatic rings. The number of fused-ring (bicyclic) bond motifs is 1. The lowest BCUT2D eigenvalue weighted by Crippen LogP contribution is -2.37. The predicted octanol–water partition coefficient (Wildman–Crippen LogP) is 3.05. The minimum Gasteiger partial charge on any atom is -0.472 e. The Labute approximate surface area is 157 Å². The lowest BCUT2D eigenvalue weighted by molar-refractivity contribution is 0.122. The fourth-order valence-corrected chi connectivity index (χ4v) is 3.87. The van der Waals surface area contributed by atoms with Crippen LogP contribution in [0.3, 0.4) is 0 Å². The van der Waals surface area contributed by atoms with Gasteiger partial charge >= 0.3 is 0 Å². The highest BCUT2D eigenvalue weighted by Crippen LogP contribution is 2.41. The van der Waals surface area contributed by atoms with Crippen LogP contribution >= 0.6 is 0 Å². The SMILES string of the molecule is CC1Cc2c(-c3ccoc3)nc(N3CCOCC3)nc2N1c1ccncc1. The number of pyridine rings is 1. The first kappa shape index (κ1) is 16.3. The molecular weight excluding hydrogens is 342 g/mol. The van der Waals surface area contributed by atoms with Crippen LogP contribution in [-0.4, -0.2) is 47.3 Å². The molecule has 5 rings (SSSR count). The molecule has 0 radical (unpaired) electrons. The van der Waals surface area contributed by atoms with E-state index in [1.54, 1.807) is 12.5 Å². The smallest absolute Gasteiger partial charge is 0.228 e. The number of hydrogen-bond donors (Lipinski definition) is 0. The maximum Gasteiger partial charge on any atom is 0.228 e. The number of furan rings is 1. The minimum absolute atomic E-state index is 0.294. The number of nitrogens with zero attached hydrogens (tertiary/aromatic N) is 5. The molecule has 0 N–H and O–H groups in total. The summed E-state index contributed by atoms with van der Waals surface area (Å²) in [6.07, 6.45) is 7.98. The molecule has 0 aromatic carbocycles. The molecule has 2 aliphatic rings. The van der Waals surface area contributed by atoms with Crippen molar-refractivity contribution < 1.29 is 9.15 Å². The van der Waals surface area contributed by atoms with Crippen LogP contribution in [0, 0.1) is 0 Å². The molecule has 0 saturated carbocycles. The zero-order valence-corrected chi connectivity index (χ0v) is 15.2. The molecule has 0 amide bonds. The van der Waals surface area contributed by atoms with Crippen LogP contribution in [0.5, 0.6) is 0 Å². The van der Waals surface area contributed by atoms with E-state index in [1.807, 2.05) is 30.6 Å². The highest BCUT2D eigenvalue weighted by molar-refractivity contribution is 5.77. The molecule has 0 aliphatic carbocycles. The van der Waals surface area contributed by atoms with Crippen LogP contribution < -0.4 is 9.80 Å². The third-order valence-corrected chi connectivity index (χ3v) is 5.17. The number of morpholine rings is 1. The molecule has 1 saturated heterocycles. The summed E-state index contributed by atoms with van der Waals surface area (Å²) in [5, 5.41) is 0. The summed E-state index contributed by atoms with van der Waals surface area (Å²) in [6, 6.07) is 6.31. The molecule has 5 heterocycles. The lowest BCUT2D eigenvalue weighted by atomic mass is 10.1. The first-order valence-electron chi connectivity index (χ1n) is 9.26. The molecule has 0 bridgehead atoms. The van der Waals surface area contributed by atoms with Crippen LogP contribution in [0.15, 0.2) is 47.5 Å². The molecule has 7 nitrogen and oxygen atoms in total. The number of anilines is 3. The molecule has 1 unspecified atom stereocenters. The van der Waals surface area contributed by atoms with Gasteiger partial charge in [0.1, 0.15) is 5.82 Å². The van der Waals surface area contributed by atoms with Gasteiger partial charge in [-0.3, -0.25) is 4.98 Å². The molecule has 0 spiro atoms. The van der Waals surface area contributed by atoms with Crippen molar-refractivity contribution in [1.82, 2.24) is 15.0 Å². The molecule has 3 aromatic heterocycles. The van der Waals surface area contributed by atoms with Gasteiger partial charge in [-0.2, -0.15) is 4.98 Å². The highest BCUT2D eigenvalue weighted by atomic mass is 16.5. The summed E-state index contributed by atoms with van der Waals surface area (Å²) in [5.41, 5.74) is 4.21. The van der Waals surface area contributed by atoms with E-state index in [4.69, 9.17) is 19.1 Å². The monoisotopic (exact) mass is 363 g/mol. The van der Waals surface area contributed by atoms with Gasteiger partial charge in [0.25, 0.3) is 0 Å². The van der Waals surface area contributed by atoms with Gasteiger partial charge < -0.3 is 19.0 Å². The largest absolute Gasteiger partial charge is 0.472 e. The fourth-order valence-electron chi connectivity index (χ4n) is 3.87. The van der Waals surface area contributed by atoms with Gasteiger partial charge in [0.2, 0.25) is 5.95 Å². The standard InChI is InChI=1S/C20H21N5O2/c1-14-12-17-18(15-4-9-27-13-15)22-20(24-7-10-26-11-8-24)23-19(17)25(14)16-2-5-21-6-3-16/h2-6,9,13-14H,7-8,10-12H2,1H3. The van der Waals surface area contributed by atoms with Gasteiger partial charge in [-0.1, -0.05) is 0 Å². The average Bonchev–Trinajstić information content (AvgIpc) is 3.36. The van der Waals surface area contributed by atoms with Gasteiger partial charge in [0.05, 0.1) is 31.4 Å². The van der Waals surface area contributed by atoms with E-state index < -0.39 is 0 Å². The molecule has 27 heavy (non-hydrogen) atoms. The van der Waals surface area contributed by atoms with Crippen molar-refractivity contribution in [3.63, 3.8) is 0 Å². The van der Waals surface area contributed by atoms with Crippen LogP contribution in [0.1, 0.15) is 12.5 Å². The highest BCUT2D eigenvalue weighted by Gasteiger charge is 2.33. The third kappa shape index (κ3) is 2.84. The minimum atomic E-state index is 0.294. The van der Waals surface area contributed by atoms with Gasteiger partial charge in [-0.25, -0.2) is 4.98 Å². The zero-order chi connectivity index (χ0) is 18.2. The Morgan fingerprint density at radius 3 is 2.63 bits per heavy atom. The number of rotatable bonds is 3. The van der Waals surface area contributed by atoms with E-state index in [1.165, 1.54) is 0 Å². The molecule has 138 valence electrons. The van der Waals surface area contributed by atoms with E-state index in [0.29, 0.717) is 19.3 Å². The summed E-state index contributed by atoms with van der Waals surface area (Å²) >= 11 is 0. The maximum atomic E-state index is 5.49. The molecule has 7 heteroatoms. The number of aromatic nitrogens is 3. The third-order valence-electron chi connectivity index (χ3n) is 5.17. The van der Waals surface area contributed by atoms with Crippen molar-refractivity contribution in [3.8, 4) is 11.3 Å². The normalized spacial score (nSPS) is 19.4. The van der Waals surface area contributed by atoms with Gasteiger partial charge in [-0.15, -0.1) is 0 Å². The first-order chi connectivity index (χ1) is 13.3. The van der Waals surface area contributed by atoms with Gasteiger partial charge in [-0.05, 0) is 31.5 Å². The van der Waals surface area contributed by atoms with Crippen LogP contribution in [-0.2, 0) is 11.2 Å². The van der Waals surface area contributed by atoms with Gasteiger partial charge in [0, 0.05) is 48.3 Å². The topological polar surface area (TPSA) is 67.5 Å². The zero-order valence-electron chi connectivity index (χ0n) is 15.2. The molecule has 1 fully saturated rings. The average molecular weight is 363 g/mol. The van der Waals surface area contributed by atoms with Crippen molar-refractivity contribution in [1.29, 1.82) is 0 Å². The summed E-state index contributed by atoms with van der Waals surface area (Å²) in [5.74, 6) is 1.72. The summed E-state index contributed by atoms with van der Waals surface area (Å²) < 4.78 is 10.8. The van der Waals surface area contributed by atoms with Crippen molar-refractivity contribution in [2.45, 2.75) is 19.4 Å². The Kier molecular flexibility index (Phi) is 4.01. The predicted molar refractivity (Wildman–Crippen MR) is 102 cm³/mol. The molecular formula is C20H21N5O2. The second kappa shape index (κ2) is 6.66. The van der Waals surface area contributed by atoms with Crippen LogP contribution in [0.4, 0.5) is 17.5 Å². The van der Waals surface area contributed by atoms with E-state index in [0.717, 1.165) is 53.8 Å². The fraction of sp³-hybridized carbons (Fsp3) is 0.350.